The van der Waals surface area contributed by atoms with Gasteiger partial charge in [0.2, 0.25) is 5.75 Å². The maximum atomic E-state index is 13.2. The molecule has 3 rings (SSSR count). The molecule has 0 saturated heterocycles. The molecule has 1 amide bonds. The lowest BCUT2D eigenvalue weighted by Gasteiger charge is -2.15. The Balaban J connectivity index is 2.05. The van der Waals surface area contributed by atoms with Crippen LogP contribution in [0.25, 0.3) is 11.0 Å². The highest BCUT2D eigenvalue weighted by Gasteiger charge is 2.19. The minimum absolute atomic E-state index is 0.113. The third kappa shape index (κ3) is 4.43. The smallest absolute Gasteiger partial charge is 0.328 e. The molecule has 3 aromatic rings. The van der Waals surface area contributed by atoms with Gasteiger partial charge >= 0.3 is 5.69 Å². The van der Waals surface area contributed by atoms with E-state index in [2.05, 4.69) is 12.2 Å². The molecular weight excluding hydrogens is 430 g/mol. The van der Waals surface area contributed by atoms with Crippen molar-refractivity contribution >= 4 is 34.4 Å². The molecule has 0 fully saturated rings. The van der Waals surface area contributed by atoms with E-state index in [1.54, 1.807) is 47.1 Å². The molecule has 0 saturated carbocycles. The number of imidazole rings is 1. The van der Waals surface area contributed by atoms with Crippen LogP contribution in [0.3, 0.4) is 0 Å². The number of amides is 1. The van der Waals surface area contributed by atoms with E-state index in [1.807, 2.05) is 12.1 Å². The first-order valence-electron chi connectivity index (χ1n) is 10.3. The molecule has 1 aromatic heterocycles. The van der Waals surface area contributed by atoms with E-state index < -0.39 is 0 Å². The zero-order chi connectivity index (χ0) is 23.4. The van der Waals surface area contributed by atoms with Crippen molar-refractivity contribution in [3.05, 3.63) is 40.3 Å². The number of hydrogen-bond donors (Lipinski definition) is 1. The molecule has 0 radical (unpaired) electrons. The first kappa shape index (κ1) is 23.6. The fraction of sp³-hybridized carbons (Fsp3) is 0.391. The molecule has 1 heterocycles. The summed E-state index contributed by atoms with van der Waals surface area (Å²) in [6.45, 7) is 2.14. The van der Waals surface area contributed by atoms with Gasteiger partial charge in [-0.15, -0.1) is 11.8 Å². The lowest BCUT2D eigenvalue weighted by molar-refractivity contribution is 0.102. The maximum absolute atomic E-state index is 13.2. The Hall–Kier alpha value is -3.07. The van der Waals surface area contributed by atoms with E-state index in [4.69, 9.17) is 14.2 Å². The van der Waals surface area contributed by atoms with Gasteiger partial charge in [-0.2, -0.15) is 0 Å². The number of aryl methyl sites for hydroxylation is 2. The van der Waals surface area contributed by atoms with Gasteiger partial charge in [0.05, 0.1) is 38.1 Å². The van der Waals surface area contributed by atoms with E-state index in [1.165, 1.54) is 21.3 Å². The number of fused-ring (bicyclic) bond motifs is 1. The van der Waals surface area contributed by atoms with Gasteiger partial charge in [0, 0.05) is 24.6 Å². The number of hydrogen-bond acceptors (Lipinski definition) is 6. The number of methoxy groups -OCH3 is 3. The van der Waals surface area contributed by atoms with Gasteiger partial charge in [-0.3, -0.25) is 13.9 Å². The van der Waals surface area contributed by atoms with Gasteiger partial charge in [-0.05, 0) is 36.4 Å². The fourth-order valence-electron chi connectivity index (χ4n) is 3.48. The summed E-state index contributed by atoms with van der Waals surface area (Å²) in [6, 6.07) is 7.03. The fourth-order valence-corrected chi connectivity index (χ4v) is 4.59. The van der Waals surface area contributed by atoms with Gasteiger partial charge in [0.25, 0.3) is 5.91 Å². The van der Waals surface area contributed by atoms with Crippen LogP contribution in [0.1, 0.15) is 30.1 Å². The summed E-state index contributed by atoms with van der Waals surface area (Å²) in [5.74, 6) is 1.81. The molecular formula is C23H29N3O5S. The van der Waals surface area contributed by atoms with Crippen molar-refractivity contribution in [2.75, 3.05) is 32.4 Å². The van der Waals surface area contributed by atoms with Crippen LogP contribution in [-0.2, 0) is 14.1 Å². The Bertz CT molecular complexity index is 1170. The van der Waals surface area contributed by atoms with Gasteiger partial charge in [0.1, 0.15) is 0 Å². The third-order valence-corrected chi connectivity index (χ3v) is 6.45. The molecule has 0 bridgehead atoms. The van der Waals surface area contributed by atoms with Gasteiger partial charge in [0.15, 0.2) is 11.5 Å². The molecule has 0 aliphatic rings. The van der Waals surface area contributed by atoms with Crippen LogP contribution in [-0.4, -0.2) is 42.1 Å². The topological polar surface area (TPSA) is 83.7 Å². The molecule has 0 aliphatic heterocycles. The number of nitrogens with zero attached hydrogens (tertiary/aromatic N) is 2. The van der Waals surface area contributed by atoms with Crippen LogP contribution in [0.15, 0.2) is 34.0 Å². The van der Waals surface area contributed by atoms with E-state index in [9.17, 15) is 9.59 Å². The van der Waals surface area contributed by atoms with Gasteiger partial charge in [-0.1, -0.05) is 13.3 Å². The van der Waals surface area contributed by atoms with Crippen molar-refractivity contribution in [3.8, 4) is 17.2 Å². The largest absolute Gasteiger partial charge is 0.493 e. The number of carbonyl (C=O) groups excluding carboxylic acids is 1. The van der Waals surface area contributed by atoms with Crippen molar-refractivity contribution in [1.29, 1.82) is 0 Å². The summed E-state index contributed by atoms with van der Waals surface area (Å²) in [4.78, 5) is 26.5. The van der Waals surface area contributed by atoms with Crippen molar-refractivity contribution in [3.63, 3.8) is 0 Å². The second-order valence-corrected chi connectivity index (χ2v) is 8.44. The number of anilines is 1. The number of unbranched alkanes of at least 4 members (excludes halogenated alkanes) is 1. The highest BCUT2D eigenvalue weighted by Crippen LogP contribution is 2.39. The zero-order valence-electron chi connectivity index (χ0n) is 19.3. The quantitative estimate of drug-likeness (QED) is 0.384. The normalized spacial score (nSPS) is 10.9. The van der Waals surface area contributed by atoms with Crippen molar-refractivity contribution in [2.45, 2.75) is 24.7 Å². The molecule has 9 heteroatoms. The third-order valence-electron chi connectivity index (χ3n) is 5.30. The van der Waals surface area contributed by atoms with Gasteiger partial charge < -0.3 is 19.5 Å². The summed E-state index contributed by atoms with van der Waals surface area (Å²) in [7, 11) is 7.99. The average Bonchev–Trinajstić information content (AvgIpc) is 3.01. The van der Waals surface area contributed by atoms with E-state index in [0.717, 1.165) is 34.5 Å². The number of thioether (sulfide) groups is 1. The number of aromatic nitrogens is 2. The standard InChI is InChI=1S/C23H29N3O5S/c1-7-8-9-32-20-13-17-16(25(2)23(28)26(17)3)12-15(20)24-22(27)14-10-18(29-4)21(31-6)19(11-14)30-5/h10-13H,7-9H2,1-6H3,(H,24,27). The lowest BCUT2D eigenvalue weighted by Crippen LogP contribution is -2.19. The Morgan fingerprint density at radius 2 is 1.56 bits per heavy atom. The summed E-state index contributed by atoms with van der Waals surface area (Å²) in [5, 5.41) is 3.01. The number of nitrogens with one attached hydrogen (secondary N) is 1. The predicted molar refractivity (Wildman–Crippen MR) is 128 cm³/mol. The van der Waals surface area contributed by atoms with Crippen LogP contribution in [0.4, 0.5) is 5.69 Å². The summed E-state index contributed by atoms with van der Waals surface area (Å²) in [5.41, 5.74) is 2.47. The first-order chi connectivity index (χ1) is 15.4. The molecule has 0 unspecified atom stereocenters. The molecule has 32 heavy (non-hydrogen) atoms. The molecule has 172 valence electrons. The minimum Gasteiger partial charge on any atom is -0.493 e. The Morgan fingerprint density at radius 3 is 2.09 bits per heavy atom. The minimum atomic E-state index is -0.318. The van der Waals surface area contributed by atoms with Crippen LogP contribution in [0.5, 0.6) is 17.2 Å². The Kier molecular flexibility index (Phi) is 7.40. The summed E-state index contributed by atoms with van der Waals surface area (Å²) in [6.07, 6.45) is 2.13. The monoisotopic (exact) mass is 459 g/mol. The predicted octanol–water partition coefficient (Wildman–Crippen LogP) is 4.05. The number of benzene rings is 2. The van der Waals surface area contributed by atoms with Crippen LogP contribution in [0.2, 0.25) is 0 Å². The highest BCUT2D eigenvalue weighted by molar-refractivity contribution is 7.99. The van der Waals surface area contributed by atoms with Crippen LogP contribution >= 0.6 is 11.8 Å². The molecule has 0 atom stereocenters. The Morgan fingerprint density at radius 1 is 0.969 bits per heavy atom. The average molecular weight is 460 g/mol. The lowest BCUT2D eigenvalue weighted by atomic mass is 10.1. The maximum Gasteiger partial charge on any atom is 0.328 e. The SMILES string of the molecule is CCCCSc1cc2c(cc1NC(=O)c1cc(OC)c(OC)c(OC)c1)n(C)c(=O)n2C. The first-order valence-corrected chi connectivity index (χ1v) is 11.3. The second-order valence-electron chi connectivity index (χ2n) is 7.31. The molecule has 0 spiro atoms. The van der Waals surface area contributed by atoms with E-state index >= 15 is 0 Å². The van der Waals surface area contributed by atoms with Crippen LogP contribution in [0, 0.1) is 0 Å². The van der Waals surface area contributed by atoms with Crippen molar-refractivity contribution < 1.29 is 19.0 Å². The van der Waals surface area contributed by atoms with Crippen molar-refractivity contribution in [2.24, 2.45) is 14.1 Å². The van der Waals surface area contributed by atoms with Crippen molar-refractivity contribution in [1.82, 2.24) is 9.13 Å². The Labute approximate surface area is 191 Å². The second kappa shape index (κ2) is 10.0. The molecule has 0 aliphatic carbocycles. The van der Waals surface area contributed by atoms with E-state index in [-0.39, 0.29) is 11.6 Å². The number of ether oxygens (including phenoxy) is 3. The zero-order valence-corrected chi connectivity index (χ0v) is 20.1. The van der Waals surface area contributed by atoms with Crippen LogP contribution < -0.4 is 25.2 Å². The van der Waals surface area contributed by atoms with Gasteiger partial charge in [-0.25, -0.2) is 4.79 Å². The summed E-state index contributed by atoms with van der Waals surface area (Å²) >= 11 is 1.66. The molecule has 1 N–H and O–H groups in total. The number of carbonyl (C=O) groups is 1. The summed E-state index contributed by atoms with van der Waals surface area (Å²) < 4.78 is 19.3. The van der Waals surface area contributed by atoms with E-state index in [0.29, 0.717) is 28.5 Å². The highest BCUT2D eigenvalue weighted by atomic mass is 32.2. The number of rotatable bonds is 9. The molecule has 2 aromatic carbocycles. The molecule has 8 nitrogen and oxygen atoms in total.